The predicted molar refractivity (Wildman–Crippen MR) is 127 cm³/mol. The lowest BCUT2D eigenvalue weighted by Gasteiger charge is -2.35. The van der Waals surface area contributed by atoms with Crippen molar-refractivity contribution in [3.63, 3.8) is 0 Å². The van der Waals surface area contributed by atoms with Crippen molar-refractivity contribution in [3.05, 3.63) is 72.3 Å². The third-order valence-electron chi connectivity index (χ3n) is 6.21. The lowest BCUT2D eigenvalue weighted by molar-refractivity contribution is 0.0680. The lowest BCUT2D eigenvalue weighted by atomic mass is 10.0. The van der Waals surface area contributed by atoms with E-state index in [0.717, 1.165) is 22.3 Å². The maximum absolute atomic E-state index is 12.7. The summed E-state index contributed by atoms with van der Waals surface area (Å²) >= 11 is 0. The van der Waals surface area contributed by atoms with Gasteiger partial charge in [-0.15, -0.1) is 0 Å². The molecular weight excluding hydrogens is 430 g/mol. The fraction of sp³-hybridized carbons (Fsp3) is 0.280. The number of carbonyl (C=O) groups is 1. The number of pyridine rings is 1. The first kappa shape index (κ1) is 21.5. The zero-order valence-electron chi connectivity index (χ0n) is 19.1. The molecule has 0 unspecified atom stereocenters. The average molecular weight is 456 g/mol. The standard InChI is InChI=1S/C25H25N7O2/c1-18(22-6-4-3-5-19(22)13-26)34-25(33)31-11-9-30(10-12-31)24-15-28-32-17-20(7-8-23(24)32)21-14-27-29(2)16-21/h3-8,14-18H,9-12H2,1-2H3/t18-/m0/s1. The van der Waals surface area contributed by atoms with E-state index in [0.29, 0.717) is 37.3 Å². The molecule has 0 saturated carbocycles. The van der Waals surface area contributed by atoms with Crippen LogP contribution in [0.4, 0.5) is 10.5 Å². The van der Waals surface area contributed by atoms with Crippen molar-refractivity contribution in [2.75, 3.05) is 31.1 Å². The maximum atomic E-state index is 12.7. The number of hydrogen-bond donors (Lipinski definition) is 0. The molecule has 1 atom stereocenters. The van der Waals surface area contributed by atoms with E-state index in [1.165, 1.54) is 0 Å². The highest BCUT2D eigenvalue weighted by atomic mass is 16.6. The Morgan fingerprint density at radius 2 is 1.82 bits per heavy atom. The lowest BCUT2D eigenvalue weighted by Crippen LogP contribution is -2.49. The molecule has 172 valence electrons. The first-order valence-corrected chi connectivity index (χ1v) is 11.2. The first-order chi connectivity index (χ1) is 16.5. The van der Waals surface area contributed by atoms with Crippen molar-refractivity contribution in [2.24, 2.45) is 7.05 Å². The van der Waals surface area contributed by atoms with E-state index in [1.807, 2.05) is 48.5 Å². The Balaban J connectivity index is 1.23. The van der Waals surface area contributed by atoms with Crippen molar-refractivity contribution >= 4 is 17.3 Å². The van der Waals surface area contributed by atoms with Gasteiger partial charge in [0.05, 0.1) is 35.2 Å². The fourth-order valence-corrected chi connectivity index (χ4v) is 4.33. The van der Waals surface area contributed by atoms with Gasteiger partial charge in [0.15, 0.2) is 0 Å². The number of hydrogen-bond acceptors (Lipinski definition) is 6. The van der Waals surface area contributed by atoms with Gasteiger partial charge in [0.25, 0.3) is 0 Å². The predicted octanol–water partition coefficient (Wildman–Crippen LogP) is 3.63. The second-order valence-electron chi connectivity index (χ2n) is 8.38. The van der Waals surface area contributed by atoms with Gasteiger partial charge in [-0.25, -0.2) is 9.31 Å². The molecule has 3 aromatic heterocycles. The van der Waals surface area contributed by atoms with Crippen LogP contribution in [0.5, 0.6) is 0 Å². The van der Waals surface area contributed by atoms with E-state index in [4.69, 9.17) is 4.74 Å². The Hall–Kier alpha value is -4.32. The van der Waals surface area contributed by atoms with Crippen LogP contribution in [0.2, 0.25) is 0 Å². The highest BCUT2D eigenvalue weighted by Crippen LogP contribution is 2.27. The van der Waals surface area contributed by atoms with Gasteiger partial charge >= 0.3 is 6.09 Å². The van der Waals surface area contributed by atoms with Crippen molar-refractivity contribution in [2.45, 2.75) is 13.0 Å². The average Bonchev–Trinajstić information content (AvgIpc) is 3.49. The van der Waals surface area contributed by atoms with Crippen LogP contribution < -0.4 is 4.90 Å². The highest BCUT2D eigenvalue weighted by molar-refractivity contribution is 5.76. The SMILES string of the molecule is C[C@H](OC(=O)N1CCN(c2cnn3cc(-c4cnn(C)c4)ccc23)CC1)c1ccccc1C#N. The van der Waals surface area contributed by atoms with E-state index in [2.05, 4.69) is 33.3 Å². The summed E-state index contributed by atoms with van der Waals surface area (Å²) in [4.78, 5) is 16.7. The fourth-order valence-electron chi connectivity index (χ4n) is 4.33. The molecule has 34 heavy (non-hydrogen) atoms. The molecule has 1 aliphatic heterocycles. The minimum Gasteiger partial charge on any atom is -0.441 e. The number of ether oxygens (including phenoxy) is 1. The Labute approximate surface area is 197 Å². The number of nitrogens with zero attached hydrogens (tertiary/aromatic N) is 7. The van der Waals surface area contributed by atoms with Gasteiger partial charge in [0.2, 0.25) is 0 Å². The summed E-state index contributed by atoms with van der Waals surface area (Å²) in [6.45, 7) is 4.27. The number of benzene rings is 1. The summed E-state index contributed by atoms with van der Waals surface area (Å²) in [7, 11) is 1.90. The van der Waals surface area contributed by atoms with E-state index < -0.39 is 6.10 Å². The number of aromatic nitrogens is 4. The molecule has 0 bridgehead atoms. The van der Waals surface area contributed by atoms with Crippen molar-refractivity contribution < 1.29 is 9.53 Å². The van der Waals surface area contributed by atoms with E-state index >= 15 is 0 Å². The summed E-state index contributed by atoms with van der Waals surface area (Å²) < 4.78 is 9.33. The number of anilines is 1. The Morgan fingerprint density at radius 1 is 1.03 bits per heavy atom. The molecule has 1 aliphatic rings. The summed E-state index contributed by atoms with van der Waals surface area (Å²) in [5, 5.41) is 18.1. The molecule has 1 aromatic carbocycles. The van der Waals surface area contributed by atoms with Gasteiger partial charge in [0.1, 0.15) is 6.10 Å². The van der Waals surface area contributed by atoms with Crippen molar-refractivity contribution in [3.8, 4) is 17.2 Å². The maximum Gasteiger partial charge on any atom is 0.410 e. The molecule has 4 aromatic rings. The quantitative estimate of drug-likeness (QED) is 0.467. The van der Waals surface area contributed by atoms with Gasteiger partial charge in [-0.3, -0.25) is 4.68 Å². The highest BCUT2D eigenvalue weighted by Gasteiger charge is 2.26. The topological polar surface area (TPSA) is 91.7 Å². The summed E-state index contributed by atoms with van der Waals surface area (Å²) in [5.41, 5.74) is 5.39. The number of amides is 1. The van der Waals surface area contributed by atoms with Crippen LogP contribution in [-0.2, 0) is 11.8 Å². The van der Waals surface area contributed by atoms with Crippen molar-refractivity contribution in [1.82, 2.24) is 24.3 Å². The molecule has 1 fully saturated rings. The second-order valence-corrected chi connectivity index (χ2v) is 8.38. The van der Waals surface area contributed by atoms with Gasteiger partial charge in [-0.1, -0.05) is 24.3 Å². The molecule has 9 heteroatoms. The van der Waals surface area contributed by atoms with E-state index in [9.17, 15) is 10.1 Å². The molecule has 1 amide bonds. The van der Waals surface area contributed by atoms with Gasteiger partial charge < -0.3 is 14.5 Å². The number of piperazine rings is 1. The summed E-state index contributed by atoms with van der Waals surface area (Å²) in [6, 6.07) is 13.5. The number of fused-ring (bicyclic) bond motifs is 1. The van der Waals surface area contributed by atoms with Crippen LogP contribution in [0.15, 0.2) is 61.2 Å². The third-order valence-corrected chi connectivity index (χ3v) is 6.21. The van der Waals surface area contributed by atoms with Gasteiger partial charge in [-0.05, 0) is 19.1 Å². The summed E-state index contributed by atoms with van der Waals surface area (Å²) in [5.74, 6) is 0. The Kier molecular flexibility index (Phi) is 5.64. The molecule has 0 N–H and O–H groups in total. The molecule has 5 rings (SSSR count). The minimum absolute atomic E-state index is 0.360. The molecule has 9 nitrogen and oxygen atoms in total. The molecule has 1 saturated heterocycles. The molecule has 4 heterocycles. The normalized spacial score (nSPS) is 14.7. The van der Waals surface area contributed by atoms with Crippen LogP contribution in [0.25, 0.3) is 16.6 Å². The zero-order chi connectivity index (χ0) is 23.7. The van der Waals surface area contributed by atoms with E-state index in [-0.39, 0.29) is 6.09 Å². The van der Waals surface area contributed by atoms with E-state index in [1.54, 1.807) is 28.6 Å². The summed E-state index contributed by atoms with van der Waals surface area (Å²) in [6.07, 6.45) is 6.84. The number of nitriles is 1. The van der Waals surface area contributed by atoms with Crippen LogP contribution in [0.3, 0.4) is 0 Å². The monoisotopic (exact) mass is 455 g/mol. The smallest absolute Gasteiger partial charge is 0.410 e. The minimum atomic E-state index is -0.491. The zero-order valence-corrected chi connectivity index (χ0v) is 19.1. The number of aryl methyl sites for hydroxylation is 1. The van der Waals surface area contributed by atoms with Gasteiger partial charge in [0, 0.05) is 62.3 Å². The van der Waals surface area contributed by atoms with Gasteiger partial charge in [-0.2, -0.15) is 15.5 Å². The van der Waals surface area contributed by atoms with Crippen LogP contribution in [-0.4, -0.2) is 56.6 Å². The molecule has 0 aliphatic carbocycles. The molecular formula is C25H25N7O2. The van der Waals surface area contributed by atoms with Crippen LogP contribution in [0, 0.1) is 11.3 Å². The first-order valence-electron chi connectivity index (χ1n) is 11.2. The Morgan fingerprint density at radius 3 is 2.56 bits per heavy atom. The molecule has 0 radical (unpaired) electrons. The Bertz CT molecular complexity index is 1380. The van der Waals surface area contributed by atoms with Crippen molar-refractivity contribution in [1.29, 1.82) is 5.26 Å². The van der Waals surface area contributed by atoms with Crippen LogP contribution >= 0.6 is 0 Å². The number of carbonyl (C=O) groups excluding carboxylic acids is 1. The number of rotatable bonds is 4. The van der Waals surface area contributed by atoms with Crippen LogP contribution in [0.1, 0.15) is 24.2 Å². The largest absolute Gasteiger partial charge is 0.441 e. The second kappa shape index (κ2) is 8.90. The molecule has 0 spiro atoms. The third kappa shape index (κ3) is 4.06.